The van der Waals surface area contributed by atoms with Gasteiger partial charge in [0.1, 0.15) is 16.7 Å². The summed E-state index contributed by atoms with van der Waals surface area (Å²) in [5.74, 6) is 1.88. The summed E-state index contributed by atoms with van der Waals surface area (Å²) < 4.78 is 17.5. The van der Waals surface area contributed by atoms with Crippen LogP contribution in [0.5, 0.6) is 17.2 Å². The number of thiocarbonyl (C=S) groups is 1. The summed E-state index contributed by atoms with van der Waals surface area (Å²) in [6, 6.07) is 20.7. The second-order valence-electron chi connectivity index (χ2n) is 7.67. The van der Waals surface area contributed by atoms with Gasteiger partial charge in [-0.05, 0) is 66.1 Å². The molecule has 5 nitrogen and oxygen atoms in total. The van der Waals surface area contributed by atoms with Gasteiger partial charge < -0.3 is 14.2 Å². The average Bonchev–Trinajstić information content (AvgIpc) is 3.11. The van der Waals surface area contributed by atoms with Crippen LogP contribution in [0.4, 0.5) is 0 Å². The SMILES string of the molecule is CCOc1cc(/C=C2/SC(=S)N(Cc3ccc(OC)cc3)C2=O)ccc1OCc1cccc(Cl)c1. The van der Waals surface area contributed by atoms with E-state index in [0.717, 1.165) is 22.4 Å². The van der Waals surface area contributed by atoms with Gasteiger partial charge in [-0.1, -0.05) is 65.9 Å². The topological polar surface area (TPSA) is 48.0 Å². The van der Waals surface area contributed by atoms with E-state index in [1.807, 2.05) is 79.7 Å². The van der Waals surface area contributed by atoms with Crippen molar-refractivity contribution >= 4 is 51.9 Å². The van der Waals surface area contributed by atoms with Crippen LogP contribution in [0.3, 0.4) is 0 Å². The molecule has 180 valence electrons. The first-order valence-electron chi connectivity index (χ1n) is 11.0. The van der Waals surface area contributed by atoms with Gasteiger partial charge in [0.15, 0.2) is 11.5 Å². The van der Waals surface area contributed by atoms with E-state index in [1.165, 1.54) is 11.8 Å². The van der Waals surface area contributed by atoms with Gasteiger partial charge in [-0.2, -0.15) is 0 Å². The number of halogens is 1. The highest BCUT2D eigenvalue weighted by Gasteiger charge is 2.32. The molecule has 0 N–H and O–H groups in total. The number of carbonyl (C=O) groups excluding carboxylic acids is 1. The summed E-state index contributed by atoms with van der Waals surface area (Å²) in [6.45, 7) is 3.18. The number of thioether (sulfide) groups is 1. The fourth-order valence-electron chi connectivity index (χ4n) is 3.49. The van der Waals surface area contributed by atoms with Gasteiger partial charge in [-0.3, -0.25) is 9.69 Å². The smallest absolute Gasteiger partial charge is 0.266 e. The lowest BCUT2D eigenvalue weighted by Gasteiger charge is -2.14. The number of hydrogen-bond acceptors (Lipinski definition) is 6. The zero-order valence-electron chi connectivity index (χ0n) is 19.3. The molecule has 0 aromatic heterocycles. The third kappa shape index (κ3) is 6.36. The number of amides is 1. The minimum Gasteiger partial charge on any atom is -0.497 e. The molecular weight excluding hydrogens is 502 g/mol. The zero-order valence-corrected chi connectivity index (χ0v) is 21.7. The summed E-state index contributed by atoms with van der Waals surface area (Å²) in [6.07, 6.45) is 1.83. The van der Waals surface area contributed by atoms with E-state index in [0.29, 0.717) is 45.5 Å². The highest BCUT2D eigenvalue weighted by molar-refractivity contribution is 8.26. The second-order valence-corrected chi connectivity index (χ2v) is 9.79. The quantitative estimate of drug-likeness (QED) is 0.228. The molecule has 1 fully saturated rings. The summed E-state index contributed by atoms with van der Waals surface area (Å²) in [7, 11) is 1.62. The number of carbonyl (C=O) groups is 1. The Morgan fingerprint density at radius 2 is 1.80 bits per heavy atom. The Bertz CT molecular complexity index is 1260. The van der Waals surface area contributed by atoms with Gasteiger partial charge in [0.05, 0.1) is 25.2 Å². The van der Waals surface area contributed by atoms with Crippen LogP contribution >= 0.6 is 35.6 Å². The summed E-state index contributed by atoms with van der Waals surface area (Å²) in [4.78, 5) is 15.2. The monoisotopic (exact) mass is 525 g/mol. The number of methoxy groups -OCH3 is 1. The lowest BCUT2D eigenvalue weighted by Crippen LogP contribution is -2.27. The van der Waals surface area contributed by atoms with Gasteiger partial charge >= 0.3 is 0 Å². The van der Waals surface area contributed by atoms with Crippen molar-refractivity contribution in [3.05, 3.63) is 93.3 Å². The first-order chi connectivity index (χ1) is 17.0. The molecule has 0 unspecified atom stereocenters. The number of rotatable bonds is 9. The number of ether oxygens (including phenoxy) is 3. The van der Waals surface area contributed by atoms with Crippen LogP contribution in [0.1, 0.15) is 23.6 Å². The van der Waals surface area contributed by atoms with E-state index in [-0.39, 0.29) is 5.91 Å². The van der Waals surface area contributed by atoms with Crippen LogP contribution < -0.4 is 14.2 Å². The summed E-state index contributed by atoms with van der Waals surface area (Å²) >= 11 is 12.8. The Balaban J connectivity index is 1.49. The van der Waals surface area contributed by atoms with Gasteiger partial charge in [0, 0.05) is 5.02 Å². The van der Waals surface area contributed by atoms with E-state index >= 15 is 0 Å². The molecule has 1 saturated heterocycles. The standard InChI is InChI=1S/C27H24ClNO4S2/c1-3-32-24-14-19(9-12-23(24)33-17-20-5-4-6-21(28)13-20)15-25-26(30)29(27(34)35-25)16-18-7-10-22(31-2)11-8-18/h4-15H,3,16-17H2,1-2H3/b25-15+. The molecule has 3 aromatic carbocycles. The molecule has 0 saturated carbocycles. The highest BCUT2D eigenvalue weighted by Crippen LogP contribution is 2.36. The predicted octanol–water partition coefficient (Wildman–Crippen LogP) is 6.73. The normalized spacial score (nSPS) is 14.5. The van der Waals surface area contributed by atoms with E-state index in [2.05, 4.69) is 0 Å². The number of nitrogens with zero attached hydrogens (tertiary/aromatic N) is 1. The fourth-order valence-corrected chi connectivity index (χ4v) is 4.96. The first-order valence-corrected chi connectivity index (χ1v) is 12.6. The number of hydrogen-bond donors (Lipinski definition) is 0. The van der Waals surface area contributed by atoms with E-state index < -0.39 is 0 Å². The molecule has 35 heavy (non-hydrogen) atoms. The largest absolute Gasteiger partial charge is 0.497 e. The highest BCUT2D eigenvalue weighted by atomic mass is 35.5. The van der Waals surface area contributed by atoms with Crippen LogP contribution in [-0.2, 0) is 17.9 Å². The van der Waals surface area contributed by atoms with Gasteiger partial charge in [-0.15, -0.1) is 0 Å². The molecule has 1 aliphatic heterocycles. The molecule has 0 atom stereocenters. The molecule has 0 bridgehead atoms. The summed E-state index contributed by atoms with van der Waals surface area (Å²) in [5, 5.41) is 0.663. The van der Waals surface area contributed by atoms with Crippen molar-refractivity contribution in [2.24, 2.45) is 0 Å². The van der Waals surface area contributed by atoms with Crippen molar-refractivity contribution in [1.82, 2.24) is 4.90 Å². The average molecular weight is 526 g/mol. The molecule has 1 amide bonds. The van der Waals surface area contributed by atoms with E-state index in [9.17, 15) is 4.79 Å². The maximum Gasteiger partial charge on any atom is 0.266 e. The minimum absolute atomic E-state index is 0.116. The van der Waals surface area contributed by atoms with Crippen molar-refractivity contribution < 1.29 is 19.0 Å². The predicted molar refractivity (Wildman–Crippen MR) is 145 cm³/mol. The van der Waals surface area contributed by atoms with E-state index in [4.69, 9.17) is 38.0 Å². The van der Waals surface area contributed by atoms with Gasteiger partial charge in [0.25, 0.3) is 5.91 Å². The number of benzene rings is 3. The maximum absolute atomic E-state index is 13.1. The van der Waals surface area contributed by atoms with Crippen LogP contribution in [-0.4, -0.2) is 28.8 Å². The Hall–Kier alpha value is -3.00. The van der Waals surface area contributed by atoms with Crippen molar-refractivity contribution in [2.75, 3.05) is 13.7 Å². The molecule has 1 aliphatic rings. The van der Waals surface area contributed by atoms with Crippen LogP contribution in [0.15, 0.2) is 71.6 Å². The molecule has 0 spiro atoms. The molecular formula is C27H24ClNO4S2. The lowest BCUT2D eigenvalue weighted by molar-refractivity contribution is -0.122. The molecule has 0 radical (unpaired) electrons. The van der Waals surface area contributed by atoms with E-state index in [1.54, 1.807) is 12.0 Å². The Morgan fingerprint density at radius 3 is 2.51 bits per heavy atom. The maximum atomic E-state index is 13.1. The lowest BCUT2D eigenvalue weighted by atomic mass is 10.1. The third-order valence-electron chi connectivity index (χ3n) is 5.22. The third-order valence-corrected chi connectivity index (χ3v) is 6.83. The van der Waals surface area contributed by atoms with Crippen LogP contribution in [0.25, 0.3) is 6.08 Å². The van der Waals surface area contributed by atoms with Gasteiger partial charge in [-0.25, -0.2) is 0 Å². The Morgan fingerprint density at radius 1 is 1.00 bits per heavy atom. The summed E-state index contributed by atoms with van der Waals surface area (Å²) in [5.41, 5.74) is 2.77. The fraction of sp³-hybridized carbons (Fsp3) is 0.185. The van der Waals surface area contributed by atoms with Gasteiger partial charge in [0.2, 0.25) is 0 Å². The minimum atomic E-state index is -0.116. The van der Waals surface area contributed by atoms with Crippen molar-refractivity contribution in [3.8, 4) is 17.2 Å². The first kappa shape index (κ1) is 25.1. The molecule has 8 heteroatoms. The van der Waals surface area contributed by atoms with Crippen molar-refractivity contribution in [1.29, 1.82) is 0 Å². The Kier molecular flexibility index (Phi) is 8.33. The van der Waals surface area contributed by atoms with Crippen LogP contribution in [0.2, 0.25) is 5.02 Å². The zero-order chi connectivity index (χ0) is 24.8. The molecule has 1 heterocycles. The molecule has 0 aliphatic carbocycles. The Labute approximate surface area is 219 Å². The molecule has 4 rings (SSSR count). The van der Waals surface area contributed by atoms with Crippen molar-refractivity contribution in [2.45, 2.75) is 20.1 Å². The van der Waals surface area contributed by atoms with Crippen molar-refractivity contribution in [3.63, 3.8) is 0 Å². The molecule has 3 aromatic rings. The van der Waals surface area contributed by atoms with Crippen LogP contribution in [0, 0.1) is 0 Å². The second kappa shape index (κ2) is 11.6.